The molecule has 5 nitrogen and oxygen atoms in total. The van der Waals surface area contributed by atoms with Crippen molar-refractivity contribution in [3.63, 3.8) is 0 Å². The second-order valence-corrected chi connectivity index (χ2v) is 4.02. The number of rotatable bonds is 4. The van der Waals surface area contributed by atoms with Gasteiger partial charge in [0.1, 0.15) is 5.03 Å². The van der Waals surface area contributed by atoms with Gasteiger partial charge in [-0.05, 0) is 0 Å². The molecule has 0 spiro atoms. The minimum absolute atomic E-state index is 0.0168. The molecule has 0 aliphatic rings. The first-order valence-corrected chi connectivity index (χ1v) is 5.60. The number of aliphatic hydroxyl groups excluding tert-OH is 1. The van der Waals surface area contributed by atoms with Crippen LogP contribution >= 0.6 is 11.8 Å². The van der Waals surface area contributed by atoms with E-state index in [9.17, 15) is 18.0 Å². The van der Waals surface area contributed by atoms with Gasteiger partial charge in [0.05, 0.1) is 31.4 Å². The molecule has 0 fully saturated rings. The molecule has 0 amide bonds. The van der Waals surface area contributed by atoms with Crippen LogP contribution in [0.5, 0.6) is 0 Å². The number of nitrogens with zero attached hydrogens (tertiary/aromatic N) is 2. The Kier molecular flexibility index (Phi) is 4.91. The van der Waals surface area contributed by atoms with Gasteiger partial charge in [0, 0.05) is 0 Å². The molecule has 1 aromatic rings. The Hall–Kier alpha value is -1.35. The van der Waals surface area contributed by atoms with E-state index >= 15 is 0 Å². The molecule has 0 aromatic carbocycles. The molecule has 1 N–H and O–H groups in total. The number of alkyl halides is 3. The van der Waals surface area contributed by atoms with Gasteiger partial charge < -0.3 is 9.84 Å². The maximum Gasteiger partial charge on any atom is 0.398 e. The number of halogens is 3. The topological polar surface area (TPSA) is 72.3 Å². The molecule has 0 aliphatic carbocycles. The van der Waals surface area contributed by atoms with E-state index in [0.29, 0.717) is 11.8 Å². The number of carbonyl (C=O) groups is 1. The van der Waals surface area contributed by atoms with Gasteiger partial charge >= 0.3 is 12.1 Å². The lowest BCUT2D eigenvalue weighted by molar-refractivity contribution is -0.105. The highest BCUT2D eigenvalue weighted by atomic mass is 32.2. The second kappa shape index (κ2) is 6.01. The number of hydrogen-bond donors (Lipinski definition) is 1. The van der Waals surface area contributed by atoms with Gasteiger partial charge in [-0.1, -0.05) is 11.8 Å². The molecular formula is C9H9F3N2O3S. The molecule has 100 valence electrons. The van der Waals surface area contributed by atoms with E-state index in [0.717, 1.165) is 13.3 Å². The highest BCUT2D eigenvalue weighted by Crippen LogP contribution is 2.27. The van der Waals surface area contributed by atoms with Crippen molar-refractivity contribution in [3.8, 4) is 0 Å². The summed E-state index contributed by atoms with van der Waals surface area (Å²) < 4.78 is 40.6. The third kappa shape index (κ3) is 4.15. The van der Waals surface area contributed by atoms with Crippen molar-refractivity contribution in [2.24, 2.45) is 0 Å². The van der Waals surface area contributed by atoms with E-state index in [1.165, 1.54) is 0 Å². The van der Waals surface area contributed by atoms with E-state index in [4.69, 9.17) is 5.11 Å². The standard InChI is InChI=1S/C9H9F3N2O3S/c1-17-8(16)5-2-13-6(3-15)7(14-5)18-4-9(10,11)12/h2,15H,3-4H2,1H3. The molecule has 0 radical (unpaired) electrons. The normalized spacial score (nSPS) is 11.4. The molecule has 0 saturated carbocycles. The van der Waals surface area contributed by atoms with Gasteiger partial charge in [-0.15, -0.1) is 0 Å². The third-order valence-electron chi connectivity index (χ3n) is 1.73. The highest BCUT2D eigenvalue weighted by molar-refractivity contribution is 7.99. The predicted molar refractivity (Wildman–Crippen MR) is 56.1 cm³/mol. The first-order chi connectivity index (χ1) is 8.37. The average Bonchev–Trinajstić information content (AvgIpc) is 2.34. The Morgan fingerprint density at radius 3 is 2.72 bits per heavy atom. The Bertz CT molecular complexity index is 440. The summed E-state index contributed by atoms with van der Waals surface area (Å²) in [6.07, 6.45) is -3.34. The Morgan fingerprint density at radius 2 is 2.22 bits per heavy atom. The Balaban J connectivity index is 2.95. The molecule has 1 rings (SSSR count). The Labute approximate surface area is 104 Å². The molecule has 0 bridgehead atoms. The first kappa shape index (κ1) is 14.7. The molecule has 1 heterocycles. The third-order valence-corrected chi connectivity index (χ3v) is 2.80. The molecule has 0 saturated heterocycles. The van der Waals surface area contributed by atoms with E-state index in [1.807, 2.05) is 0 Å². The monoisotopic (exact) mass is 282 g/mol. The lowest BCUT2D eigenvalue weighted by Gasteiger charge is -2.08. The van der Waals surface area contributed by atoms with Gasteiger partial charge in [-0.2, -0.15) is 13.2 Å². The zero-order chi connectivity index (χ0) is 13.8. The number of ether oxygens (including phenoxy) is 1. The summed E-state index contributed by atoms with van der Waals surface area (Å²) in [6, 6.07) is 0. The number of esters is 1. The first-order valence-electron chi connectivity index (χ1n) is 4.62. The van der Waals surface area contributed by atoms with Crippen LogP contribution in [0.15, 0.2) is 11.2 Å². The van der Waals surface area contributed by atoms with Crippen LogP contribution in [0.4, 0.5) is 13.2 Å². The smallest absolute Gasteiger partial charge is 0.398 e. The van der Waals surface area contributed by atoms with Crippen LogP contribution in [0.1, 0.15) is 16.2 Å². The quantitative estimate of drug-likeness (QED) is 0.665. The van der Waals surface area contributed by atoms with Crippen LogP contribution in [0.2, 0.25) is 0 Å². The molecule has 18 heavy (non-hydrogen) atoms. The summed E-state index contributed by atoms with van der Waals surface area (Å²) in [5, 5.41) is 8.78. The van der Waals surface area contributed by atoms with Gasteiger partial charge in [-0.25, -0.2) is 9.78 Å². The number of carbonyl (C=O) groups excluding carboxylic acids is 1. The number of thioether (sulfide) groups is 1. The fourth-order valence-electron chi connectivity index (χ4n) is 0.974. The molecule has 0 unspecified atom stereocenters. The summed E-state index contributed by atoms with van der Waals surface area (Å²) in [6.45, 7) is -0.561. The molecule has 1 aromatic heterocycles. The van der Waals surface area contributed by atoms with Crippen molar-refractivity contribution < 1.29 is 27.8 Å². The lowest BCUT2D eigenvalue weighted by Crippen LogP contribution is -2.13. The lowest BCUT2D eigenvalue weighted by atomic mass is 10.4. The minimum Gasteiger partial charge on any atom is -0.464 e. The summed E-state index contributed by atoms with van der Waals surface area (Å²) in [5.74, 6) is -1.99. The summed E-state index contributed by atoms with van der Waals surface area (Å²) in [7, 11) is 1.12. The fourth-order valence-corrected chi connectivity index (χ4v) is 1.72. The average molecular weight is 282 g/mol. The van der Waals surface area contributed by atoms with E-state index in [2.05, 4.69) is 14.7 Å². The van der Waals surface area contributed by atoms with Crippen LogP contribution in [0.25, 0.3) is 0 Å². The molecule has 0 aliphatic heterocycles. The van der Waals surface area contributed by atoms with Gasteiger partial charge in [0.15, 0.2) is 5.69 Å². The number of aromatic nitrogens is 2. The van der Waals surface area contributed by atoms with Crippen LogP contribution < -0.4 is 0 Å². The Morgan fingerprint density at radius 1 is 1.56 bits per heavy atom. The maximum atomic E-state index is 12.1. The molecular weight excluding hydrogens is 273 g/mol. The maximum absolute atomic E-state index is 12.1. The van der Waals surface area contributed by atoms with Gasteiger partial charge in [0.25, 0.3) is 0 Å². The van der Waals surface area contributed by atoms with Crippen molar-refractivity contribution in [2.75, 3.05) is 12.9 Å². The predicted octanol–water partition coefficient (Wildman–Crippen LogP) is 1.41. The van der Waals surface area contributed by atoms with E-state index < -0.39 is 24.5 Å². The SMILES string of the molecule is COC(=O)c1cnc(CO)c(SCC(F)(F)F)n1. The largest absolute Gasteiger partial charge is 0.464 e. The number of hydrogen-bond acceptors (Lipinski definition) is 6. The van der Waals surface area contributed by atoms with Crippen molar-refractivity contribution in [1.29, 1.82) is 0 Å². The number of aliphatic hydroxyl groups is 1. The van der Waals surface area contributed by atoms with Crippen LogP contribution in [-0.2, 0) is 11.3 Å². The van der Waals surface area contributed by atoms with Crippen molar-refractivity contribution in [1.82, 2.24) is 9.97 Å². The van der Waals surface area contributed by atoms with Crippen molar-refractivity contribution >= 4 is 17.7 Å². The van der Waals surface area contributed by atoms with Crippen LogP contribution in [-0.4, -0.2) is 40.1 Å². The molecule has 9 heteroatoms. The van der Waals surface area contributed by atoms with Crippen molar-refractivity contribution in [2.45, 2.75) is 17.8 Å². The van der Waals surface area contributed by atoms with Crippen molar-refractivity contribution in [3.05, 3.63) is 17.6 Å². The highest BCUT2D eigenvalue weighted by Gasteiger charge is 2.28. The van der Waals surface area contributed by atoms with E-state index in [1.54, 1.807) is 0 Å². The zero-order valence-electron chi connectivity index (χ0n) is 9.19. The van der Waals surface area contributed by atoms with Gasteiger partial charge in [0.2, 0.25) is 0 Å². The molecule has 0 atom stereocenters. The second-order valence-electron chi connectivity index (χ2n) is 3.06. The van der Waals surface area contributed by atoms with E-state index in [-0.39, 0.29) is 16.4 Å². The summed E-state index contributed by atoms with van der Waals surface area (Å²) in [5.41, 5.74) is -0.226. The minimum atomic E-state index is -4.37. The van der Waals surface area contributed by atoms with Crippen LogP contribution in [0, 0.1) is 0 Å². The summed E-state index contributed by atoms with van der Waals surface area (Å²) in [4.78, 5) is 18.5. The number of methoxy groups -OCH3 is 1. The summed E-state index contributed by atoms with van der Waals surface area (Å²) >= 11 is 0.354. The zero-order valence-corrected chi connectivity index (χ0v) is 10.0. The van der Waals surface area contributed by atoms with Crippen LogP contribution in [0.3, 0.4) is 0 Å². The van der Waals surface area contributed by atoms with Gasteiger partial charge in [-0.3, -0.25) is 4.98 Å². The fraction of sp³-hybridized carbons (Fsp3) is 0.444.